The third kappa shape index (κ3) is 3.68. The van der Waals surface area contributed by atoms with Crippen LogP contribution in [-0.4, -0.2) is 39.3 Å². The average molecular weight is 245 g/mol. The van der Waals surface area contributed by atoms with Crippen LogP contribution in [0, 0.1) is 0 Å². The van der Waals surface area contributed by atoms with Gasteiger partial charge in [0.25, 0.3) is 5.16 Å². The van der Waals surface area contributed by atoms with Crippen LogP contribution in [0.2, 0.25) is 0 Å². The molecule has 0 heterocycles. The number of isothiocyanates is 1. The minimum absolute atomic E-state index is 0.201. The Morgan fingerprint density at radius 1 is 1.73 bits per heavy atom. The molecule has 0 aromatic rings. The molecular formula is C9H13N2O2S2+. The van der Waals surface area contributed by atoms with Crippen LogP contribution in [0.3, 0.4) is 0 Å². The molecule has 0 aliphatic rings. The number of nitrogens with two attached hydrogens (primary N) is 1. The van der Waals surface area contributed by atoms with Crippen molar-refractivity contribution < 1.29 is 14.2 Å². The molecule has 0 saturated carbocycles. The van der Waals surface area contributed by atoms with E-state index in [1.165, 1.54) is 13.0 Å². The predicted molar refractivity (Wildman–Crippen MR) is 64.4 cm³/mol. The fraction of sp³-hybridized carbons (Fsp3) is 0.444. The first-order valence-corrected chi connectivity index (χ1v) is 5.24. The number of hydrogen-bond donors (Lipinski definition) is 2. The SMILES string of the molecule is C=CC(C(=O)[C@@H](N)CS)[N+](=C=S)C(C)=O. The summed E-state index contributed by atoms with van der Waals surface area (Å²) in [6.07, 6.45) is 1.31. The highest BCUT2D eigenvalue weighted by atomic mass is 32.1. The minimum atomic E-state index is -0.859. The van der Waals surface area contributed by atoms with E-state index in [0.29, 0.717) is 0 Å². The highest BCUT2D eigenvalue weighted by Crippen LogP contribution is 2.00. The summed E-state index contributed by atoms with van der Waals surface area (Å²) in [5, 5.41) is 2.21. The summed E-state index contributed by atoms with van der Waals surface area (Å²) in [4.78, 5) is 22.8. The highest BCUT2D eigenvalue weighted by Gasteiger charge is 2.33. The third-order valence-corrected chi connectivity index (χ3v) is 2.38. The second-order valence-electron chi connectivity index (χ2n) is 2.85. The van der Waals surface area contributed by atoms with E-state index in [0.717, 1.165) is 4.58 Å². The largest absolute Gasteiger partial charge is 0.394 e. The van der Waals surface area contributed by atoms with Crippen LogP contribution >= 0.6 is 24.8 Å². The van der Waals surface area contributed by atoms with Crippen molar-refractivity contribution in [2.24, 2.45) is 5.73 Å². The van der Waals surface area contributed by atoms with Crippen LogP contribution in [0.1, 0.15) is 6.92 Å². The molecule has 2 atom stereocenters. The van der Waals surface area contributed by atoms with Gasteiger partial charge >= 0.3 is 5.91 Å². The summed E-state index contributed by atoms with van der Waals surface area (Å²) < 4.78 is 0.994. The van der Waals surface area contributed by atoms with Gasteiger partial charge in [-0.25, -0.2) is 4.79 Å². The Morgan fingerprint density at radius 2 is 2.27 bits per heavy atom. The van der Waals surface area contributed by atoms with Gasteiger partial charge in [0.15, 0.2) is 0 Å². The molecule has 0 radical (unpaired) electrons. The number of amides is 1. The topological polar surface area (TPSA) is 63.2 Å². The number of rotatable bonds is 5. The molecule has 2 N–H and O–H groups in total. The molecule has 0 aromatic carbocycles. The maximum absolute atomic E-state index is 11.7. The first-order valence-electron chi connectivity index (χ1n) is 4.19. The molecule has 0 fully saturated rings. The Balaban J connectivity index is 5.08. The molecule has 15 heavy (non-hydrogen) atoms. The molecule has 82 valence electrons. The molecule has 1 unspecified atom stereocenters. The number of thiocarbonyl (C=S) groups is 1. The fourth-order valence-electron chi connectivity index (χ4n) is 0.975. The molecule has 0 aromatic heterocycles. The maximum atomic E-state index is 11.7. The Labute approximate surface area is 99.3 Å². The lowest BCUT2D eigenvalue weighted by molar-refractivity contribution is -0.454. The van der Waals surface area contributed by atoms with E-state index in [-0.39, 0.29) is 17.4 Å². The summed E-state index contributed by atoms with van der Waals surface area (Å²) in [6.45, 7) is 4.76. The van der Waals surface area contributed by atoms with Crippen molar-refractivity contribution >= 4 is 41.7 Å². The summed E-state index contributed by atoms with van der Waals surface area (Å²) in [5.74, 6) is -0.533. The van der Waals surface area contributed by atoms with E-state index in [4.69, 9.17) is 5.73 Å². The van der Waals surface area contributed by atoms with Crippen molar-refractivity contribution in [1.82, 2.24) is 0 Å². The molecular weight excluding hydrogens is 232 g/mol. The molecule has 0 bridgehead atoms. The van der Waals surface area contributed by atoms with E-state index >= 15 is 0 Å². The standard InChI is InChI=1S/C9H12N2O2S2/c1-3-8(9(13)7(10)4-14)11(5-15)6(2)12/h3,7-8H,1,4,10H2,2H3/p+1/t7-,8?/m0/s1. The number of ketones is 1. The molecule has 0 aliphatic heterocycles. The molecule has 4 nitrogen and oxygen atoms in total. The van der Waals surface area contributed by atoms with Crippen molar-refractivity contribution in [2.45, 2.75) is 19.0 Å². The second kappa shape index (κ2) is 6.63. The predicted octanol–water partition coefficient (Wildman–Crippen LogP) is 0.0290. The van der Waals surface area contributed by atoms with Gasteiger partial charge in [0.2, 0.25) is 11.8 Å². The number of Topliss-reactive ketones (excluding diaryl/α,β-unsaturated/α-hetero) is 1. The number of nitrogens with zero attached hydrogens (tertiary/aromatic N) is 1. The molecule has 0 rings (SSSR count). The lowest BCUT2D eigenvalue weighted by atomic mass is 10.1. The zero-order valence-electron chi connectivity index (χ0n) is 8.34. The summed E-state index contributed by atoms with van der Waals surface area (Å²) in [5.41, 5.74) is 5.51. The van der Waals surface area contributed by atoms with Crippen LogP contribution in [-0.2, 0) is 9.59 Å². The van der Waals surface area contributed by atoms with E-state index < -0.39 is 12.1 Å². The first kappa shape index (κ1) is 14.2. The third-order valence-electron chi connectivity index (χ3n) is 1.79. The van der Waals surface area contributed by atoms with Gasteiger partial charge in [-0.05, 0) is 6.08 Å². The van der Waals surface area contributed by atoms with Crippen LogP contribution in [0.4, 0.5) is 0 Å². The van der Waals surface area contributed by atoms with Crippen molar-refractivity contribution in [1.29, 1.82) is 0 Å². The molecule has 0 saturated heterocycles. The first-order chi connectivity index (χ1) is 6.99. The average Bonchev–Trinajstić information content (AvgIpc) is 2.22. The van der Waals surface area contributed by atoms with Crippen molar-refractivity contribution in [3.05, 3.63) is 12.7 Å². The second-order valence-corrected chi connectivity index (χ2v) is 3.40. The van der Waals surface area contributed by atoms with Gasteiger partial charge in [-0.1, -0.05) is 11.2 Å². The van der Waals surface area contributed by atoms with E-state index in [2.05, 4.69) is 36.6 Å². The number of carbonyl (C=O) groups is 2. The Hall–Kier alpha value is -0.810. The summed E-state index contributed by atoms with van der Waals surface area (Å²) in [7, 11) is 0. The lowest BCUT2D eigenvalue weighted by Gasteiger charge is -2.10. The molecule has 0 spiro atoms. The zero-order chi connectivity index (χ0) is 12.0. The maximum Gasteiger partial charge on any atom is 0.394 e. The number of hydrogen-bond acceptors (Lipinski definition) is 5. The fourth-order valence-corrected chi connectivity index (χ4v) is 1.40. The monoisotopic (exact) mass is 245 g/mol. The number of carbonyl (C=O) groups excluding carboxylic acids is 2. The molecule has 6 heteroatoms. The normalized spacial score (nSPS) is 13.5. The van der Waals surface area contributed by atoms with Crippen molar-refractivity contribution in [2.75, 3.05) is 5.75 Å². The van der Waals surface area contributed by atoms with Crippen LogP contribution < -0.4 is 5.73 Å². The number of thiol groups is 1. The van der Waals surface area contributed by atoms with Crippen LogP contribution in [0.15, 0.2) is 12.7 Å². The Bertz CT molecular complexity index is 335. The summed E-state index contributed by atoms with van der Waals surface area (Å²) in [6, 6.07) is -1.61. The lowest BCUT2D eigenvalue weighted by Crippen LogP contribution is -2.45. The van der Waals surface area contributed by atoms with E-state index in [1.807, 2.05) is 0 Å². The van der Waals surface area contributed by atoms with Gasteiger partial charge < -0.3 is 5.73 Å². The van der Waals surface area contributed by atoms with Gasteiger partial charge in [-0.2, -0.15) is 12.6 Å². The van der Waals surface area contributed by atoms with Crippen molar-refractivity contribution in [3.63, 3.8) is 0 Å². The van der Waals surface area contributed by atoms with Crippen molar-refractivity contribution in [3.8, 4) is 0 Å². The zero-order valence-corrected chi connectivity index (χ0v) is 10.1. The van der Waals surface area contributed by atoms with Gasteiger partial charge in [0.05, 0.1) is 13.0 Å². The Morgan fingerprint density at radius 3 is 2.53 bits per heavy atom. The van der Waals surface area contributed by atoms with Gasteiger partial charge in [-0.3, -0.25) is 4.79 Å². The van der Waals surface area contributed by atoms with Crippen LogP contribution in [0.25, 0.3) is 0 Å². The quantitative estimate of drug-likeness (QED) is 0.236. The minimum Gasteiger partial charge on any atom is -0.321 e. The summed E-state index contributed by atoms with van der Waals surface area (Å²) >= 11 is 8.44. The van der Waals surface area contributed by atoms with Gasteiger partial charge in [0, 0.05) is 18.0 Å². The van der Waals surface area contributed by atoms with E-state index in [9.17, 15) is 9.59 Å². The molecule has 0 aliphatic carbocycles. The Kier molecular flexibility index (Phi) is 6.27. The smallest absolute Gasteiger partial charge is 0.321 e. The van der Waals surface area contributed by atoms with Gasteiger partial charge in [-0.15, -0.1) is 0 Å². The van der Waals surface area contributed by atoms with Gasteiger partial charge in [0.1, 0.15) is 0 Å². The highest BCUT2D eigenvalue weighted by molar-refractivity contribution is 7.80. The van der Waals surface area contributed by atoms with Crippen LogP contribution in [0.5, 0.6) is 0 Å². The van der Waals surface area contributed by atoms with E-state index in [1.54, 1.807) is 0 Å². The molecule has 1 amide bonds.